The number of rotatable bonds is 30. The van der Waals surface area contributed by atoms with Crippen LogP contribution < -0.4 is 18.9 Å². The quantitative estimate of drug-likeness (QED) is 0.0284. The van der Waals surface area contributed by atoms with E-state index in [1.54, 1.807) is 29.2 Å². The molecule has 7 rings (SSSR count). The van der Waals surface area contributed by atoms with Crippen molar-refractivity contribution in [3.63, 3.8) is 0 Å². The first-order valence-corrected chi connectivity index (χ1v) is 26.1. The third-order valence-electron chi connectivity index (χ3n) is 14.3. The first-order chi connectivity index (χ1) is 34.4. The summed E-state index contributed by atoms with van der Waals surface area (Å²) in [4.78, 5) is 34.5. The number of carbonyl (C=O) groups is 2. The third kappa shape index (κ3) is 12.9. The summed E-state index contributed by atoms with van der Waals surface area (Å²) in [5.41, 5.74) is 3.86. The fourth-order valence-electron chi connectivity index (χ4n) is 11.0. The van der Waals surface area contributed by atoms with E-state index in [0.29, 0.717) is 59.5 Å². The van der Waals surface area contributed by atoms with E-state index in [4.69, 9.17) is 38.4 Å². The molecule has 3 aromatic carbocycles. The number of unbranched alkanes of at least 4 members (excludes halogenated alkanes) is 11. The zero-order valence-corrected chi connectivity index (χ0v) is 41.5. The molecule has 13 nitrogen and oxygen atoms in total. The summed E-state index contributed by atoms with van der Waals surface area (Å²) in [5, 5.41) is 24.9. The van der Waals surface area contributed by atoms with Gasteiger partial charge in [0.1, 0.15) is 36.2 Å². The molecule has 13 heteroatoms. The number of benzene rings is 3. The predicted molar refractivity (Wildman–Crippen MR) is 270 cm³/mol. The lowest BCUT2D eigenvalue weighted by Gasteiger charge is -2.59. The Morgan fingerprint density at radius 2 is 1.57 bits per heavy atom. The van der Waals surface area contributed by atoms with E-state index in [2.05, 4.69) is 19.6 Å². The summed E-state index contributed by atoms with van der Waals surface area (Å²) in [6.07, 6.45) is 20.7. The minimum Gasteiger partial charge on any atom is -0.459 e. The standard InChI is InChI=1S/C57H76N2O11/c1-4-7-8-9-10-11-12-13-14-19-32-64-56(63)59(38-41-25-27-51-52(34-41)66-40-65-51)53-37-49(58-68-6-3)47-35-43(22-15-17-29-60)46(24-16-18-30-61)54-48-36-45(69-44-23-20-21-42(33-44)39-62)26-28-50(48)70-57(53,55(47)54)67-31-5-2/h5,20-21,23,25-28,33-36,39,43,46,53-55,60-61H,2,4,6-19,22,24,29-32,37-38,40H2,1,3H3/t43-,46+,53-,54+,55+,57+/m0/s1. The van der Waals surface area contributed by atoms with Crippen LogP contribution in [0.5, 0.6) is 28.7 Å². The Bertz CT molecular complexity index is 2230. The van der Waals surface area contributed by atoms with Crippen molar-refractivity contribution >= 4 is 18.1 Å². The van der Waals surface area contributed by atoms with Crippen molar-refractivity contribution in [1.82, 2.24) is 4.90 Å². The van der Waals surface area contributed by atoms with Crippen LogP contribution in [0.3, 0.4) is 0 Å². The van der Waals surface area contributed by atoms with Crippen LogP contribution in [0.2, 0.25) is 0 Å². The number of oxime groups is 1. The molecular formula is C57H76N2O11. The van der Waals surface area contributed by atoms with Crippen molar-refractivity contribution in [3.8, 4) is 28.7 Å². The van der Waals surface area contributed by atoms with Gasteiger partial charge in [-0.1, -0.05) is 113 Å². The van der Waals surface area contributed by atoms with Gasteiger partial charge < -0.3 is 43.5 Å². The van der Waals surface area contributed by atoms with Crippen LogP contribution in [-0.2, 0) is 20.9 Å². The topological polar surface area (TPSA) is 155 Å². The van der Waals surface area contributed by atoms with Gasteiger partial charge in [0.25, 0.3) is 0 Å². The van der Waals surface area contributed by atoms with Crippen LogP contribution in [0.25, 0.3) is 0 Å². The van der Waals surface area contributed by atoms with Gasteiger partial charge in [0.05, 0.1) is 24.8 Å². The second-order valence-corrected chi connectivity index (χ2v) is 19.1. The highest BCUT2D eigenvalue weighted by molar-refractivity contribution is 6.03. The number of nitrogens with zero attached hydrogens (tertiary/aromatic N) is 2. The number of aldehydes is 1. The fourth-order valence-corrected chi connectivity index (χ4v) is 11.0. The highest BCUT2D eigenvalue weighted by Gasteiger charge is 2.65. The number of amides is 1. The van der Waals surface area contributed by atoms with E-state index in [1.165, 1.54) is 44.9 Å². The van der Waals surface area contributed by atoms with Crippen LogP contribution >= 0.6 is 0 Å². The molecule has 1 amide bonds. The van der Waals surface area contributed by atoms with Crippen molar-refractivity contribution in [2.24, 2.45) is 22.9 Å². The number of carbonyl (C=O) groups excluding carboxylic acids is 2. The number of aliphatic hydroxyl groups excluding tert-OH is 2. The van der Waals surface area contributed by atoms with Crippen molar-refractivity contribution in [2.75, 3.05) is 39.8 Å². The summed E-state index contributed by atoms with van der Waals surface area (Å²) >= 11 is 0. The average molecular weight is 965 g/mol. The zero-order valence-electron chi connectivity index (χ0n) is 41.5. The number of fused-ring (bicyclic) bond motifs is 3. The summed E-state index contributed by atoms with van der Waals surface area (Å²) in [7, 11) is 0. The van der Waals surface area contributed by atoms with E-state index < -0.39 is 23.8 Å². The van der Waals surface area contributed by atoms with Crippen molar-refractivity contribution < 1.29 is 53.1 Å². The molecule has 0 bridgehead atoms. The molecule has 2 aliphatic carbocycles. The maximum Gasteiger partial charge on any atom is 0.410 e. The molecule has 2 heterocycles. The second kappa shape index (κ2) is 26.7. The van der Waals surface area contributed by atoms with Gasteiger partial charge in [-0.15, -0.1) is 6.58 Å². The normalized spacial score (nSPS) is 22.3. The van der Waals surface area contributed by atoms with Gasteiger partial charge in [-0.05, 0) is 104 Å². The third-order valence-corrected chi connectivity index (χ3v) is 14.3. The van der Waals surface area contributed by atoms with Gasteiger partial charge >= 0.3 is 6.09 Å². The highest BCUT2D eigenvalue weighted by Crippen LogP contribution is 2.62. The number of hydrogen-bond acceptors (Lipinski definition) is 12. The molecule has 2 N–H and O–H groups in total. The van der Waals surface area contributed by atoms with Crippen LogP contribution in [0, 0.1) is 17.8 Å². The van der Waals surface area contributed by atoms with Gasteiger partial charge in [0.2, 0.25) is 12.6 Å². The van der Waals surface area contributed by atoms with Crippen molar-refractivity contribution in [2.45, 2.75) is 147 Å². The molecule has 0 radical (unpaired) electrons. The molecule has 380 valence electrons. The number of aliphatic hydroxyl groups is 2. The minimum atomic E-state index is -1.48. The average Bonchev–Trinajstić information content (AvgIpc) is 3.85. The molecule has 1 fully saturated rings. The SMILES string of the molecule is C=CCO[C@@]12Oc3ccc(Oc4cccc(C=O)c4)cc3[C@H]3[C@H](CCCCO)[C@@H](CCCCO)C=C(C(=NOCC)C[C@@H]1N(Cc1ccc4c(c1)OCO4)C(=O)OCCCCCCCCCCCC)[C@H]32. The molecule has 4 aliphatic rings. The predicted octanol–water partition coefficient (Wildman–Crippen LogP) is 12.2. The molecule has 70 heavy (non-hydrogen) atoms. The van der Waals surface area contributed by atoms with Crippen LogP contribution in [0.15, 0.2) is 90.1 Å². The minimum absolute atomic E-state index is 0.0136. The maximum absolute atomic E-state index is 15.1. The number of hydrogen-bond donors (Lipinski definition) is 2. The number of ether oxygens (including phenoxy) is 6. The van der Waals surface area contributed by atoms with Gasteiger partial charge in [0.15, 0.2) is 11.5 Å². The van der Waals surface area contributed by atoms with Crippen LogP contribution in [-0.4, -0.2) is 84.9 Å². The molecule has 0 saturated heterocycles. The first-order valence-electron chi connectivity index (χ1n) is 26.1. The second-order valence-electron chi connectivity index (χ2n) is 19.1. The molecule has 0 spiro atoms. The Hall–Kier alpha value is -5.37. The Morgan fingerprint density at radius 1 is 0.843 bits per heavy atom. The van der Waals surface area contributed by atoms with Gasteiger partial charge in [-0.3, -0.25) is 9.69 Å². The molecule has 2 aliphatic heterocycles. The highest BCUT2D eigenvalue weighted by atomic mass is 16.7. The van der Waals surface area contributed by atoms with Crippen molar-refractivity contribution in [1.29, 1.82) is 0 Å². The zero-order chi connectivity index (χ0) is 49.1. The Balaban J connectivity index is 1.32. The first kappa shape index (κ1) is 52.5. The van der Waals surface area contributed by atoms with E-state index in [-0.39, 0.29) is 63.9 Å². The largest absolute Gasteiger partial charge is 0.459 e. The molecule has 3 aromatic rings. The molecule has 0 unspecified atom stereocenters. The maximum atomic E-state index is 15.1. The van der Waals surface area contributed by atoms with E-state index in [1.807, 2.05) is 49.4 Å². The summed E-state index contributed by atoms with van der Waals surface area (Å²) in [5.74, 6) is 0.732. The summed E-state index contributed by atoms with van der Waals surface area (Å²) in [6.45, 7) is 9.37. The molecule has 1 saturated carbocycles. The lowest BCUT2D eigenvalue weighted by atomic mass is 9.55. The molecule has 6 atom stereocenters. The Morgan fingerprint density at radius 3 is 2.31 bits per heavy atom. The van der Waals surface area contributed by atoms with Gasteiger partial charge in [-0.2, -0.15) is 0 Å². The monoisotopic (exact) mass is 965 g/mol. The number of allylic oxidation sites excluding steroid dienone is 1. The molecular weight excluding hydrogens is 889 g/mol. The lowest BCUT2D eigenvalue weighted by molar-refractivity contribution is -0.256. The van der Waals surface area contributed by atoms with Crippen molar-refractivity contribution in [3.05, 3.63) is 102 Å². The fraction of sp³-hybridized carbons (Fsp3) is 0.561. The summed E-state index contributed by atoms with van der Waals surface area (Å²) in [6, 6.07) is 17.8. The van der Waals surface area contributed by atoms with Crippen LogP contribution in [0.1, 0.15) is 150 Å². The van der Waals surface area contributed by atoms with E-state index >= 15 is 4.79 Å². The Kier molecular flexibility index (Phi) is 20.0. The smallest absolute Gasteiger partial charge is 0.410 e. The molecule has 0 aromatic heterocycles. The lowest BCUT2D eigenvalue weighted by Crippen LogP contribution is -2.70. The Labute approximate surface area is 415 Å². The van der Waals surface area contributed by atoms with E-state index in [0.717, 1.165) is 67.9 Å². The van der Waals surface area contributed by atoms with Gasteiger partial charge in [-0.25, -0.2) is 4.79 Å². The van der Waals surface area contributed by atoms with Crippen LogP contribution in [0.4, 0.5) is 4.79 Å². The summed E-state index contributed by atoms with van der Waals surface area (Å²) < 4.78 is 38.9. The van der Waals surface area contributed by atoms with E-state index in [9.17, 15) is 15.0 Å². The van der Waals surface area contributed by atoms with Gasteiger partial charge in [0, 0.05) is 43.2 Å².